The lowest BCUT2D eigenvalue weighted by Gasteiger charge is -2.18. The van der Waals surface area contributed by atoms with Crippen LogP contribution in [0.3, 0.4) is 0 Å². The molecule has 3 rings (SSSR count). The highest BCUT2D eigenvalue weighted by Gasteiger charge is 2.24. The Kier molecular flexibility index (Phi) is 4.50. The number of rotatable bonds is 5. The Bertz CT molecular complexity index is 626. The van der Waals surface area contributed by atoms with Crippen LogP contribution in [0.5, 0.6) is 5.75 Å². The number of ether oxygens (including phenoxy) is 1. The van der Waals surface area contributed by atoms with Crippen LogP contribution in [0.2, 0.25) is 5.02 Å². The van der Waals surface area contributed by atoms with E-state index in [9.17, 15) is 0 Å². The number of nitrogens with one attached hydrogen (secondary N) is 1. The third-order valence-electron chi connectivity index (χ3n) is 3.40. The molecule has 1 atom stereocenters. The molecule has 1 saturated carbocycles. The Labute approximate surface area is 137 Å². The van der Waals surface area contributed by atoms with Gasteiger partial charge in [-0.1, -0.05) is 39.7 Å². The van der Waals surface area contributed by atoms with Crippen molar-refractivity contribution in [1.29, 1.82) is 0 Å². The maximum atomic E-state index is 6.12. The van der Waals surface area contributed by atoms with Crippen LogP contribution in [0.4, 0.5) is 0 Å². The molecule has 2 aromatic carbocycles. The molecule has 1 aliphatic carbocycles. The lowest BCUT2D eigenvalue weighted by Crippen LogP contribution is -2.28. The van der Waals surface area contributed by atoms with Crippen molar-refractivity contribution in [2.24, 2.45) is 5.84 Å². The first-order valence-electron chi connectivity index (χ1n) is 6.84. The first-order valence-corrected chi connectivity index (χ1v) is 8.01. The van der Waals surface area contributed by atoms with Crippen LogP contribution in [0.15, 0.2) is 46.9 Å². The van der Waals surface area contributed by atoms with Gasteiger partial charge in [-0.15, -0.1) is 0 Å². The van der Waals surface area contributed by atoms with E-state index in [2.05, 4.69) is 21.4 Å². The van der Waals surface area contributed by atoms with Gasteiger partial charge in [0.2, 0.25) is 0 Å². The van der Waals surface area contributed by atoms with Gasteiger partial charge in [0, 0.05) is 9.50 Å². The van der Waals surface area contributed by atoms with Gasteiger partial charge in [0.15, 0.2) is 0 Å². The summed E-state index contributed by atoms with van der Waals surface area (Å²) in [7, 11) is 0. The second-order valence-electron chi connectivity index (χ2n) is 5.19. The zero-order valence-electron chi connectivity index (χ0n) is 11.4. The maximum Gasteiger partial charge on any atom is 0.120 e. The largest absolute Gasteiger partial charge is 0.490 e. The van der Waals surface area contributed by atoms with Crippen molar-refractivity contribution in [3.05, 3.63) is 63.1 Å². The van der Waals surface area contributed by atoms with E-state index in [0.717, 1.165) is 34.2 Å². The Hall–Kier alpha value is -1.07. The summed E-state index contributed by atoms with van der Waals surface area (Å²) >= 11 is 9.58. The Morgan fingerprint density at radius 1 is 1.19 bits per heavy atom. The number of hydrogen-bond acceptors (Lipinski definition) is 3. The summed E-state index contributed by atoms with van der Waals surface area (Å²) in [6, 6.07) is 13.6. The summed E-state index contributed by atoms with van der Waals surface area (Å²) in [6.45, 7) is 0. The smallest absolute Gasteiger partial charge is 0.120 e. The molecular formula is C16H16BrClN2O. The molecule has 0 radical (unpaired) electrons. The molecule has 1 unspecified atom stereocenters. The van der Waals surface area contributed by atoms with E-state index in [-0.39, 0.29) is 6.04 Å². The summed E-state index contributed by atoms with van der Waals surface area (Å²) in [5, 5.41) is 0.671. The van der Waals surface area contributed by atoms with Crippen LogP contribution >= 0.6 is 27.5 Å². The molecule has 5 heteroatoms. The molecule has 1 fully saturated rings. The third-order valence-corrected chi connectivity index (χ3v) is 4.08. The van der Waals surface area contributed by atoms with Crippen LogP contribution in [0, 0.1) is 0 Å². The van der Waals surface area contributed by atoms with Gasteiger partial charge >= 0.3 is 0 Å². The maximum absolute atomic E-state index is 6.12. The molecular weight excluding hydrogens is 352 g/mol. The molecule has 1 aliphatic rings. The van der Waals surface area contributed by atoms with Crippen molar-refractivity contribution in [1.82, 2.24) is 5.43 Å². The lowest BCUT2D eigenvalue weighted by atomic mass is 9.99. The molecule has 0 saturated heterocycles. The Morgan fingerprint density at radius 2 is 2.00 bits per heavy atom. The molecule has 3 nitrogen and oxygen atoms in total. The quantitative estimate of drug-likeness (QED) is 0.615. The van der Waals surface area contributed by atoms with Gasteiger partial charge in [-0.2, -0.15) is 0 Å². The van der Waals surface area contributed by atoms with Crippen LogP contribution in [-0.2, 0) is 0 Å². The normalized spacial score (nSPS) is 15.8. The second kappa shape index (κ2) is 6.36. The van der Waals surface area contributed by atoms with Crippen LogP contribution < -0.4 is 16.0 Å². The molecule has 0 aliphatic heterocycles. The standard InChI is InChI=1S/C16H16BrClN2O/c17-12-6-11(7-13(18)9-12)16(20-19)10-2-1-3-15(8-10)21-14-4-5-14/h1-3,6-9,14,16,20H,4-5,19H2. The van der Waals surface area contributed by atoms with Gasteiger partial charge in [-0.05, 0) is 54.3 Å². The molecule has 0 heterocycles. The zero-order valence-corrected chi connectivity index (χ0v) is 13.7. The van der Waals surface area contributed by atoms with Crippen molar-refractivity contribution < 1.29 is 4.74 Å². The SMILES string of the molecule is NNC(c1cc(Cl)cc(Br)c1)c1cccc(OC2CC2)c1. The second-order valence-corrected chi connectivity index (χ2v) is 6.54. The van der Waals surface area contributed by atoms with Crippen molar-refractivity contribution in [3.8, 4) is 5.75 Å². The minimum absolute atomic E-state index is 0.136. The molecule has 0 amide bonds. The lowest BCUT2D eigenvalue weighted by molar-refractivity contribution is 0.302. The van der Waals surface area contributed by atoms with E-state index in [1.165, 1.54) is 0 Å². The average molecular weight is 368 g/mol. The molecule has 3 N–H and O–H groups in total. The molecule has 0 spiro atoms. The van der Waals surface area contributed by atoms with E-state index in [4.69, 9.17) is 22.2 Å². The number of halogens is 2. The Balaban J connectivity index is 1.91. The highest BCUT2D eigenvalue weighted by Crippen LogP contribution is 2.31. The summed E-state index contributed by atoms with van der Waals surface area (Å²) < 4.78 is 6.77. The average Bonchev–Trinajstić information content (AvgIpc) is 3.23. The van der Waals surface area contributed by atoms with Gasteiger partial charge in [-0.25, -0.2) is 5.43 Å². The predicted molar refractivity (Wildman–Crippen MR) is 88.4 cm³/mol. The predicted octanol–water partition coefficient (Wildman–Crippen LogP) is 4.20. The number of benzene rings is 2. The molecule has 21 heavy (non-hydrogen) atoms. The summed E-state index contributed by atoms with van der Waals surface area (Å²) in [5.41, 5.74) is 4.90. The highest BCUT2D eigenvalue weighted by atomic mass is 79.9. The van der Waals surface area contributed by atoms with Gasteiger partial charge in [0.1, 0.15) is 5.75 Å². The first kappa shape index (κ1) is 14.9. The van der Waals surface area contributed by atoms with Crippen molar-refractivity contribution in [3.63, 3.8) is 0 Å². The summed E-state index contributed by atoms with van der Waals surface area (Å²) in [6.07, 6.45) is 2.67. The van der Waals surface area contributed by atoms with Crippen molar-refractivity contribution in [2.75, 3.05) is 0 Å². The minimum atomic E-state index is -0.136. The van der Waals surface area contributed by atoms with Crippen molar-refractivity contribution in [2.45, 2.75) is 25.0 Å². The van der Waals surface area contributed by atoms with Gasteiger partial charge < -0.3 is 4.74 Å². The van der Waals surface area contributed by atoms with E-state index < -0.39 is 0 Å². The fraction of sp³-hybridized carbons (Fsp3) is 0.250. The summed E-state index contributed by atoms with van der Waals surface area (Å²) in [4.78, 5) is 0. The molecule has 110 valence electrons. The van der Waals surface area contributed by atoms with Crippen LogP contribution in [-0.4, -0.2) is 6.10 Å². The molecule has 0 aromatic heterocycles. The Morgan fingerprint density at radius 3 is 2.67 bits per heavy atom. The fourth-order valence-electron chi connectivity index (χ4n) is 2.27. The van der Waals surface area contributed by atoms with Gasteiger partial charge in [0.05, 0.1) is 12.1 Å². The third kappa shape index (κ3) is 3.77. The molecule has 2 aromatic rings. The monoisotopic (exact) mass is 366 g/mol. The minimum Gasteiger partial charge on any atom is -0.490 e. The first-order chi connectivity index (χ1) is 10.2. The van der Waals surface area contributed by atoms with Gasteiger partial charge in [0.25, 0.3) is 0 Å². The van der Waals surface area contributed by atoms with E-state index in [1.54, 1.807) is 0 Å². The number of hydrogen-bond donors (Lipinski definition) is 2. The van der Waals surface area contributed by atoms with Crippen molar-refractivity contribution >= 4 is 27.5 Å². The van der Waals surface area contributed by atoms with E-state index in [0.29, 0.717) is 11.1 Å². The fourth-order valence-corrected chi connectivity index (χ4v) is 3.16. The van der Waals surface area contributed by atoms with Crippen LogP contribution in [0.1, 0.15) is 30.0 Å². The topological polar surface area (TPSA) is 47.3 Å². The highest BCUT2D eigenvalue weighted by molar-refractivity contribution is 9.10. The van der Waals surface area contributed by atoms with E-state index in [1.807, 2.05) is 42.5 Å². The number of nitrogens with two attached hydrogens (primary N) is 1. The van der Waals surface area contributed by atoms with Crippen LogP contribution in [0.25, 0.3) is 0 Å². The zero-order chi connectivity index (χ0) is 14.8. The van der Waals surface area contributed by atoms with Gasteiger partial charge in [-0.3, -0.25) is 5.84 Å². The summed E-state index contributed by atoms with van der Waals surface area (Å²) in [5.74, 6) is 6.64. The number of hydrazine groups is 1. The molecule has 0 bridgehead atoms. The van der Waals surface area contributed by atoms with E-state index >= 15 is 0 Å².